The van der Waals surface area contributed by atoms with Crippen LogP contribution < -0.4 is 4.90 Å². The molecule has 1 fully saturated rings. The second kappa shape index (κ2) is 7.03. The molecule has 1 saturated heterocycles. The van der Waals surface area contributed by atoms with Crippen LogP contribution in [0, 0.1) is 0 Å². The highest BCUT2D eigenvalue weighted by molar-refractivity contribution is 8.19. The number of anilines is 1. The van der Waals surface area contributed by atoms with Gasteiger partial charge in [0.25, 0.3) is 15.9 Å². The van der Waals surface area contributed by atoms with Gasteiger partial charge in [0.2, 0.25) is 0 Å². The molecule has 1 aliphatic rings. The van der Waals surface area contributed by atoms with Crippen molar-refractivity contribution in [2.75, 3.05) is 19.0 Å². The second-order valence-corrected chi connectivity index (χ2v) is 9.10. The van der Waals surface area contributed by atoms with Crippen LogP contribution in [0.1, 0.15) is 0 Å². The van der Waals surface area contributed by atoms with Gasteiger partial charge in [0.05, 0.1) is 10.6 Å². The van der Waals surface area contributed by atoms with E-state index in [4.69, 9.17) is 0 Å². The number of nitrogens with zero attached hydrogens (tertiary/aromatic N) is 3. The number of amidine groups is 1. The summed E-state index contributed by atoms with van der Waals surface area (Å²) in [7, 11) is -0.272. The summed E-state index contributed by atoms with van der Waals surface area (Å²) >= 11 is 2.14. The molecule has 1 aromatic carbocycles. The average Bonchev–Trinajstić information content (AvgIpc) is 3.18. The van der Waals surface area contributed by atoms with Gasteiger partial charge in [-0.05, 0) is 35.3 Å². The summed E-state index contributed by atoms with van der Waals surface area (Å²) < 4.78 is 29.1. The van der Waals surface area contributed by atoms with E-state index >= 15 is 0 Å². The van der Waals surface area contributed by atoms with Crippen LogP contribution in [0.2, 0.25) is 0 Å². The number of thioether (sulfide) groups is 1. The Labute approximate surface area is 154 Å². The zero-order valence-corrected chi connectivity index (χ0v) is 15.9. The molecule has 0 atom stereocenters. The maximum Gasteiger partial charge on any atom is 0.294 e. The Bertz CT molecular complexity index is 934. The Morgan fingerprint density at radius 2 is 1.84 bits per heavy atom. The van der Waals surface area contributed by atoms with Crippen molar-refractivity contribution in [1.82, 2.24) is 4.90 Å². The minimum absolute atomic E-state index is 0.123. The minimum Gasteiger partial charge on any atom is -0.382 e. The third-order valence-corrected chi connectivity index (χ3v) is 6.86. The van der Waals surface area contributed by atoms with Crippen LogP contribution in [0.4, 0.5) is 5.69 Å². The first-order valence-electron chi connectivity index (χ1n) is 7.22. The lowest BCUT2D eigenvalue weighted by Crippen LogP contribution is -2.29. The number of amides is 1. The van der Waals surface area contributed by atoms with Crippen LogP contribution in [0.15, 0.2) is 67.6 Å². The zero-order chi connectivity index (χ0) is 18.0. The maximum absolute atomic E-state index is 12.8. The molecule has 0 saturated carbocycles. The van der Waals surface area contributed by atoms with E-state index in [0.717, 1.165) is 23.1 Å². The zero-order valence-electron chi connectivity index (χ0n) is 13.5. The number of hydrogen-bond donors (Lipinski definition) is 0. The third-order valence-electron chi connectivity index (χ3n) is 3.14. The van der Waals surface area contributed by atoms with E-state index < -0.39 is 10.0 Å². The molecule has 1 aromatic heterocycles. The lowest BCUT2D eigenvalue weighted by atomic mass is 10.3. The Morgan fingerprint density at radius 1 is 1.12 bits per heavy atom. The van der Waals surface area contributed by atoms with E-state index in [1.807, 2.05) is 6.07 Å². The van der Waals surface area contributed by atoms with Gasteiger partial charge in [0, 0.05) is 20.3 Å². The van der Waals surface area contributed by atoms with Gasteiger partial charge in [0.1, 0.15) is 4.21 Å². The van der Waals surface area contributed by atoms with Crippen molar-refractivity contribution < 1.29 is 13.2 Å². The van der Waals surface area contributed by atoms with Crippen molar-refractivity contribution in [3.05, 3.63) is 58.9 Å². The fraction of sp³-hybridized carbons (Fsp3) is 0.125. The monoisotopic (exact) mass is 393 g/mol. The molecule has 0 N–H and O–H groups in total. The molecule has 0 unspecified atom stereocenters. The molecule has 0 radical (unpaired) electrons. The SMILES string of the molecule is CN(C)/C=C1\S/C(=N\S(=O)(=O)c2cccs2)N(c2ccccc2)C1=O. The fourth-order valence-electron chi connectivity index (χ4n) is 2.12. The van der Waals surface area contributed by atoms with Gasteiger partial charge in [-0.3, -0.25) is 9.69 Å². The molecular weight excluding hydrogens is 378 g/mol. The summed E-state index contributed by atoms with van der Waals surface area (Å²) in [5, 5.41) is 1.80. The highest BCUT2D eigenvalue weighted by Gasteiger charge is 2.36. The van der Waals surface area contributed by atoms with E-state index in [1.54, 1.807) is 60.9 Å². The van der Waals surface area contributed by atoms with Crippen LogP contribution in [0.25, 0.3) is 0 Å². The summed E-state index contributed by atoms with van der Waals surface area (Å²) in [6.45, 7) is 0. The number of carbonyl (C=O) groups is 1. The number of rotatable bonds is 4. The summed E-state index contributed by atoms with van der Waals surface area (Å²) in [4.78, 5) is 16.2. The number of hydrogen-bond acceptors (Lipinski definition) is 6. The van der Waals surface area contributed by atoms with Gasteiger partial charge in [-0.1, -0.05) is 24.3 Å². The molecule has 25 heavy (non-hydrogen) atoms. The summed E-state index contributed by atoms with van der Waals surface area (Å²) in [5.74, 6) is -0.301. The molecule has 0 bridgehead atoms. The topological polar surface area (TPSA) is 70.1 Å². The number of carbonyl (C=O) groups excluding carboxylic acids is 1. The predicted molar refractivity (Wildman–Crippen MR) is 102 cm³/mol. The Hall–Kier alpha value is -2.10. The Morgan fingerprint density at radius 3 is 2.44 bits per heavy atom. The van der Waals surface area contributed by atoms with Crippen LogP contribution in [0.5, 0.6) is 0 Å². The minimum atomic E-state index is -3.87. The van der Waals surface area contributed by atoms with Crippen molar-refractivity contribution in [2.45, 2.75) is 4.21 Å². The van der Waals surface area contributed by atoms with Crippen LogP contribution in [-0.4, -0.2) is 38.5 Å². The van der Waals surface area contributed by atoms with Crippen molar-refractivity contribution in [3.63, 3.8) is 0 Å². The van der Waals surface area contributed by atoms with Gasteiger partial charge in [-0.25, -0.2) is 0 Å². The predicted octanol–water partition coefficient (Wildman–Crippen LogP) is 2.98. The van der Waals surface area contributed by atoms with E-state index in [-0.39, 0.29) is 15.3 Å². The van der Waals surface area contributed by atoms with Gasteiger partial charge in [0.15, 0.2) is 5.17 Å². The van der Waals surface area contributed by atoms with Crippen molar-refractivity contribution in [3.8, 4) is 0 Å². The van der Waals surface area contributed by atoms with Gasteiger partial charge >= 0.3 is 0 Å². The van der Waals surface area contributed by atoms with Crippen molar-refractivity contribution in [1.29, 1.82) is 0 Å². The summed E-state index contributed by atoms with van der Waals surface area (Å²) in [5.41, 5.74) is 0.572. The highest BCUT2D eigenvalue weighted by Crippen LogP contribution is 2.36. The molecule has 2 aromatic rings. The Balaban J connectivity index is 2.09. The molecule has 1 amide bonds. The first-order chi connectivity index (χ1) is 11.9. The van der Waals surface area contributed by atoms with E-state index in [9.17, 15) is 13.2 Å². The first kappa shape index (κ1) is 17.7. The molecule has 3 rings (SSSR count). The smallest absolute Gasteiger partial charge is 0.294 e. The van der Waals surface area contributed by atoms with Crippen molar-refractivity contribution in [2.24, 2.45) is 4.40 Å². The van der Waals surface area contributed by atoms with Crippen molar-refractivity contribution >= 4 is 49.9 Å². The molecule has 0 aliphatic carbocycles. The number of para-hydroxylation sites is 1. The van der Waals surface area contributed by atoms with E-state index in [2.05, 4.69) is 4.40 Å². The highest BCUT2D eigenvalue weighted by atomic mass is 32.2. The summed E-state index contributed by atoms with van der Waals surface area (Å²) in [6, 6.07) is 12.0. The van der Waals surface area contributed by atoms with Crippen LogP contribution in [-0.2, 0) is 14.8 Å². The molecule has 1 aliphatic heterocycles. The molecule has 2 heterocycles. The standard InChI is InChI=1S/C16H15N3O3S3/c1-18(2)11-13-15(20)19(12-7-4-3-5-8-12)16(24-13)17-25(21,22)14-9-6-10-23-14/h3-11H,1-2H3/b13-11-,17-16-. The molecule has 130 valence electrons. The van der Waals surface area contributed by atoms with Crippen LogP contribution in [0.3, 0.4) is 0 Å². The molecule has 0 spiro atoms. The van der Waals surface area contributed by atoms with Gasteiger partial charge in [-0.2, -0.15) is 8.42 Å². The third kappa shape index (κ3) is 3.78. The lowest BCUT2D eigenvalue weighted by molar-refractivity contribution is -0.113. The Kier molecular flexibility index (Phi) is 4.98. The van der Waals surface area contributed by atoms with E-state index in [0.29, 0.717) is 10.6 Å². The largest absolute Gasteiger partial charge is 0.382 e. The lowest BCUT2D eigenvalue weighted by Gasteiger charge is -2.15. The molecular formula is C16H15N3O3S3. The number of thiophene rings is 1. The van der Waals surface area contributed by atoms with Gasteiger partial charge < -0.3 is 4.90 Å². The maximum atomic E-state index is 12.8. The fourth-order valence-corrected chi connectivity index (χ4v) is 5.33. The van der Waals surface area contributed by atoms with Crippen LogP contribution >= 0.6 is 23.1 Å². The molecule has 6 nitrogen and oxygen atoms in total. The van der Waals surface area contributed by atoms with E-state index in [1.165, 1.54) is 11.0 Å². The normalized spacial score (nSPS) is 18.3. The second-order valence-electron chi connectivity index (χ2n) is 5.32. The average molecular weight is 394 g/mol. The summed E-state index contributed by atoms with van der Waals surface area (Å²) in [6.07, 6.45) is 1.66. The quantitative estimate of drug-likeness (QED) is 0.747. The number of sulfonamides is 1. The van der Waals surface area contributed by atoms with Gasteiger partial charge in [-0.15, -0.1) is 15.7 Å². The molecule has 9 heteroatoms. The number of benzene rings is 1. The first-order valence-corrected chi connectivity index (χ1v) is 10.4.